The van der Waals surface area contributed by atoms with Crippen molar-refractivity contribution < 1.29 is 9.53 Å². The molecule has 0 bridgehead atoms. The summed E-state index contributed by atoms with van der Waals surface area (Å²) in [5.41, 5.74) is -0.736. The lowest BCUT2D eigenvalue weighted by Gasteiger charge is -2.14. The largest absolute Gasteiger partial charge is 0.465 e. The van der Waals surface area contributed by atoms with Crippen molar-refractivity contribution >= 4 is 5.97 Å². The highest BCUT2D eigenvalue weighted by molar-refractivity contribution is 5.73. The molecule has 134 valence electrons. The Balaban J connectivity index is 1.56. The molecule has 1 aliphatic carbocycles. The molecule has 0 radical (unpaired) electrons. The second-order valence-electron chi connectivity index (χ2n) is 7.05. The van der Waals surface area contributed by atoms with E-state index in [1.807, 2.05) is 0 Å². The van der Waals surface area contributed by atoms with Crippen molar-refractivity contribution in [2.45, 2.75) is 58.9 Å². The van der Waals surface area contributed by atoms with Gasteiger partial charge >= 0.3 is 11.7 Å². The summed E-state index contributed by atoms with van der Waals surface area (Å²) >= 11 is 0. The molecule has 6 heteroatoms. The first-order chi connectivity index (χ1) is 11.5. The van der Waals surface area contributed by atoms with Crippen LogP contribution >= 0.6 is 0 Å². The Morgan fingerprint density at radius 3 is 2.62 bits per heavy atom. The summed E-state index contributed by atoms with van der Waals surface area (Å²) in [5.74, 6) is 1.09. The molecule has 1 saturated carbocycles. The van der Waals surface area contributed by atoms with Crippen molar-refractivity contribution in [1.29, 1.82) is 0 Å². The van der Waals surface area contributed by atoms with E-state index in [0.717, 1.165) is 38.5 Å². The molecule has 3 atom stereocenters. The molecule has 1 aromatic heterocycles. The molecule has 1 N–H and O–H groups in total. The second kappa shape index (κ2) is 8.85. The molecular formula is C18H28N2O4. The minimum atomic E-state index is -0.371. The Labute approximate surface area is 142 Å². The van der Waals surface area contributed by atoms with E-state index in [1.165, 1.54) is 16.8 Å². The van der Waals surface area contributed by atoms with E-state index in [0.29, 0.717) is 25.0 Å². The molecule has 1 aromatic rings. The van der Waals surface area contributed by atoms with Crippen molar-refractivity contribution in [2.75, 3.05) is 6.61 Å². The van der Waals surface area contributed by atoms with Crippen molar-refractivity contribution in [3.8, 4) is 0 Å². The van der Waals surface area contributed by atoms with Crippen LogP contribution in [0.3, 0.4) is 0 Å². The summed E-state index contributed by atoms with van der Waals surface area (Å²) in [7, 11) is 0. The van der Waals surface area contributed by atoms with Crippen molar-refractivity contribution in [2.24, 2.45) is 17.8 Å². The summed E-state index contributed by atoms with van der Waals surface area (Å²) < 4.78 is 6.91. The molecule has 0 spiro atoms. The lowest BCUT2D eigenvalue weighted by Crippen LogP contribution is -2.28. The first-order valence-corrected chi connectivity index (χ1v) is 8.93. The van der Waals surface area contributed by atoms with Crippen LogP contribution in [0.4, 0.5) is 0 Å². The number of carbonyl (C=O) groups excluding carboxylic acids is 1. The number of rotatable bonds is 8. The highest BCUT2D eigenvalue weighted by atomic mass is 16.5. The molecule has 1 aliphatic rings. The molecule has 3 unspecified atom stereocenters. The summed E-state index contributed by atoms with van der Waals surface area (Å²) in [5, 5.41) is 0. The lowest BCUT2D eigenvalue weighted by atomic mass is 9.99. The number of aromatic nitrogens is 2. The van der Waals surface area contributed by atoms with Gasteiger partial charge in [-0.2, -0.15) is 0 Å². The molecule has 2 rings (SSSR count). The molecular weight excluding hydrogens is 308 g/mol. The van der Waals surface area contributed by atoms with Crippen LogP contribution in [-0.2, 0) is 16.1 Å². The average molecular weight is 336 g/mol. The van der Waals surface area contributed by atoms with Crippen LogP contribution in [0.5, 0.6) is 0 Å². The SMILES string of the molecule is CC1CC(C)C(C(=O)OCCCCCCn2ccc(=O)[nH]c2=O)C1. The summed E-state index contributed by atoms with van der Waals surface area (Å²) in [6, 6.07) is 1.35. The van der Waals surface area contributed by atoms with Gasteiger partial charge in [-0.1, -0.05) is 20.3 Å². The number of unbranched alkanes of at least 4 members (excludes halogenated alkanes) is 3. The zero-order valence-electron chi connectivity index (χ0n) is 14.6. The molecule has 24 heavy (non-hydrogen) atoms. The maximum absolute atomic E-state index is 12.1. The predicted octanol–water partition coefficient (Wildman–Crippen LogP) is 2.32. The number of aromatic amines is 1. The Bertz CT molecular complexity index is 649. The number of ether oxygens (including phenoxy) is 1. The van der Waals surface area contributed by atoms with E-state index in [4.69, 9.17) is 4.74 Å². The van der Waals surface area contributed by atoms with Crippen molar-refractivity contribution in [1.82, 2.24) is 9.55 Å². The first-order valence-electron chi connectivity index (χ1n) is 8.93. The van der Waals surface area contributed by atoms with E-state index in [1.54, 1.807) is 0 Å². The van der Waals surface area contributed by atoms with Crippen molar-refractivity contribution in [3.63, 3.8) is 0 Å². The minimum absolute atomic E-state index is 0.0355. The van der Waals surface area contributed by atoms with Crippen LogP contribution in [0.15, 0.2) is 21.9 Å². The van der Waals surface area contributed by atoms with Crippen LogP contribution in [0, 0.1) is 17.8 Å². The Morgan fingerprint density at radius 2 is 1.96 bits per heavy atom. The maximum Gasteiger partial charge on any atom is 0.328 e. The van der Waals surface area contributed by atoms with Crippen LogP contribution in [-0.4, -0.2) is 22.1 Å². The zero-order chi connectivity index (χ0) is 17.5. The Kier molecular flexibility index (Phi) is 6.82. The molecule has 0 saturated heterocycles. The number of hydrogen-bond donors (Lipinski definition) is 1. The standard InChI is InChI=1S/C18H28N2O4/c1-13-11-14(2)15(12-13)17(22)24-10-6-4-3-5-8-20-9-7-16(21)19-18(20)23/h7,9,13-15H,3-6,8,10-12H2,1-2H3,(H,19,21,23). The summed E-state index contributed by atoms with van der Waals surface area (Å²) in [4.78, 5) is 36.8. The van der Waals surface area contributed by atoms with Gasteiger partial charge in [0.1, 0.15) is 0 Å². The van der Waals surface area contributed by atoms with Crippen LogP contribution < -0.4 is 11.2 Å². The Morgan fingerprint density at radius 1 is 1.21 bits per heavy atom. The molecule has 1 heterocycles. The Hall–Kier alpha value is -1.85. The van der Waals surface area contributed by atoms with Gasteiger partial charge in [0, 0.05) is 18.8 Å². The molecule has 0 amide bonds. The predicted molar refractivity (Wildman–Crippen MR) is 91.8 cm³/mol. The van der Waals surface area contributed by atoms with E-state index >= 15 is 0 Å². The fourth-order valence-electron chi connectivity index (χ4n) is 3.53. The van der Waals surface area contributed by atoms with Crippen LogP contribution in [0.1, 0.15) is 52.4 Å². The first kappa shape index (κ1) is 18.5. The number of carbonyl (C=O) groups is 1. The number of esters is 1. The van der Waals surface area contributed by atoms with Crippen LogP contribution in [0.25, 0.3) is 0 Å². The second-order valence-corrected chi connectivity index (χ2v) is 7.05. The highest BCUT2D eigenvalue weighted by Gasteiger charge is 2.34. The smallest absolute Gasteiger partial charge is 0.328 e. The topological polar surface area (TPSA) is 81.2 Å². The van der Waals surface area contributed by atoms with Gasteiger partial charge in [0.25, 0.3) is 5.56 Å². The molecule has 0 aliphatic heterocycles. The van der Waals surface area contributed by atoms with Crippen LogP contribution in [0.2, 0.25) is 0 Å². The van der Waals surface area contributed by atoms with Gasteiger partial charge in [-0.15, -0.1) is 0 Å². The number of hydrogen-bond acceptors (Lipinski definition) is 4. The maximum atomic E-state index is 12.1. The number of H-pyrrole nitrogens is 1. The van der Waals surface area contributed by atoms with Gasteiger partial charge in [-0.05, 0) is 43.9 Å². The lowest BCUT2D eigenvalue weighted by molar-refractivity contribution is -0.149. The summed E-state index contributed by atoms with van der Waals surface area (Å²) in [6.45, 7) is 5.40. The van der Waals surface area contributed by atoms with Gasteiger partial charge in [-0.25, -0.2) is 4.79 Å². The number of nitrogens with one attached hydrogen (secondary N) is 1. The van der Waals surface area contributed by atoms with Crippen molar-refractivity contribution in [3.05, 3.63) is 33.1 Å². The molecule has 6 nitrogen and oxygen atoms in total. The van der Waals surface area contributed by atoms with Gasteiger partial charge in [0.2, 0.25) is 0 Å². The van der Waals surface area contributed by atoms with E-state index in [2.05, 4.69) is 18.8 Å². The summed E-state index contributed by atoms with van der Waals surface area (Å²) in [6.07, 6.45) is 7.21. The number of aryl methyl sites for hydroxylation is 1. The monoisotopic (exact) mass is 336 g/mol. The van der Waals surface area contributed by atoms with Gasteiger partial charge in [0.15, 0.2) is 0 Å². The highest BCUT2D eigenvalue weighted by Crippen LogP contribution is 2.36. The quantitative estimate of drug-likeness (QED) is 0.583. The normalized spacial score (nSPS) is 23.3. The number of nitrogens with zero attached hydrogens (tertiary/aromatic N) is 1. The minimum Gasteiger partial charge on any atom is -0.465 e. The van der Waals surface area contributed by atoms with Gasteiger partial charge in [0.05, 0.1) is 12.5 Å². The van der Waals surface area contributed by atoms with E-state index in [9.17, 15) is 14.4 Å². The third-order valence-corrected chi connectivity index (χ3v) is 4.85. The fraction of sp³-hybridized carbons (Fsp3) is 0.722. The molecule has 1 fully saturated rings. The average Bonchev–Trinajstić information content (AvgIpc) is 2.86. The molecule has 0 aromatic carbocycles. The third-order valence-electron chi connectivity index (χ3n) is 4.85. The fourth-order valence-corrected chi connectivity index (χ4v) is 3.53. The van der Waals surface area contributed by atoms with E-state index in [-0.39, 0.29) is 23.1 Å². The zero-order valence-corrected chi connectivity index (χ0v) is 14.6. The van der Waals surface area contributed by atoms with E-state index < -0.39 is 0 Å². The third kappa shape index (κ3) is 5.35. The van der Waals surface area contributed by atoms with Gasteiger partial charge < -0.3 is 9.30 Å². The van der Waals surface area contributed by atoms with Gasteiger partial charge in [-0.3, -0.25) is 14.6 Å².